The minimum absolute atomic E-state index is 0. The predicted molar refractivity (Wildman–Crippen MR) is 164 cm³/mol. The third-order valence-electron chi connectivity index (χ3n) is 5.14. The summed E-state index contributed by atoms with van der Waals surface area (Å²) in [6.07, 6.45) is 0. The Bertz CT molecular complexity index is 1570. The molecule has 0 fully saturated rings. The number of aromatic nitrogens is 3. The van der Waals surface area contributed by atoms with Crippen LogP contribution < -0.4 is 33.6 Å². The molecule has 0 bridgehead atoms. The molecule has 0 unspecified atom stereocenters. The van der Waals surface area contributed by atoms with E-state index in [1.807, 2.05) is 0 Å². The summed E-state index contributed by atoms with van der Waals surface area (Å²) in [5, 5.41) is 11.9. The highest BCUT2D eigenvalue weighted by Crippen LogP contribution is 2.35. The van der Waals surface area contributed by atoms with Crippen molar-refractivity contribution in [3.05, 3.63) is 83.7 Å². The van der Waals surface area contributed by atoms with Gasteiger partial charge in [-0.05, 0) is 60.3 Å². The van der Waals surface area contributed by atoms with E-state index in [-0.39, 0.29) is 61.3 Å². The molecule has 0 saturated heterocycles. The number of hydrogen-bond acceptors (Lipinski definition) is 5. The molecule has 0 aliphatic heterocycles. The van der Waals surface area contributed by atoms with E-state index in [1.54, 1.807) is 24.3 Å². The van der Waals surface area contributed by atoms with E-state index in [2.05, 4.69) is 15.7 Å². The van der Waals surface area contributed by atoms with Gasteiger partial charge in [-0.15, -0.1) is 4.68 Å². The Labute approximate surface area is 279 Å². The molecule has 0 saturated carbocycles. The van der Waals surface area contributed by atoms with Crippen molar-refractivity contribution in [1.29, 1.82) is 0 Å². The second-order valence-corrected chi connectivity index (χ2v) is 11.9. The number of thioether (sulfide) groups is 1. The Morgan fingerprint density at radius 1 is 0.780 bits per heavy atom. The molecular formula is C24H16Cl8N6O2S. The Morgan fingerprint density at radius 2 is 1.24 bits per heavy atom. The molecule has 17 heteroatoms. The number of halogens is 8. The lowest BCUT2D eigenvalue weighted by atomic mass is 10.2. The van der Waals surface area contributed by atoms with Crippen molar-refractivity contribution < 1.29 is 26.7 Å². The first-order valence-corrected chi connectivity index (χ1v) is 14.6. The van der Waals surface area contributed by atoms with Gasteiger partial charge in [0.05, 0.1) is 42.8 Å². The summed E-state index contributed by atoms with van der Waals surface area (Å²) in [6, 6.07) is 12.6. The largest absolute Gasteiger partial charge is 1.00 e. The number of carbonyl (C=O) groups excluding carboxylic acids is 2. The van der Waals surface area contributed by atoms with E-state index in [9.17, 15) is 9.59 Å². The first kappa shape index (κ1) is 33.7. The van der Waals surface area contributed by atoms with Gasteiger partial charge < -0.3 is 23.0 Å². The molecule has 1 heterocycles. The van der Waals surface area contributed by atoms with Crippen molar-refractivity contribution in [3.63, 3.8) is 0 Å². The summed E-state index contributed by atoms with van der Waals surface area (Å²) in [7, 11) is 0. The zero-order valence-corrected chi connectivity index (χ0v) is 27.1. The van der Waals surface area contributed by atoms with Crippen molar-refractivity contribution in [1.82, 2.24) is 9.78 Å². The Balaban J connectivity index is 0.00000462. The Hall–Kier alpha value is -1.79. The number of rotatable bonds is 8. The van der Waals surface area contributed by atoms with Crippen molar-refractivity contribution in [2.75, 3.05) is 22.2 Å². The third kappa shape index (κ3) is 8.40. The van der Waals surface area contributed by atoms with Gasteiger partial charge in [0.15, 0.2) is 6.54 Å². The second kappa shape index (κ2) is 14.6. The first-order chi connectivity index (χ1) is 18.9. The fourth-order valence-corrected chi connectivity index (χ4v) is 6.17. The highest BCUT2D eigenvalue weighted by atomic mass is 35.5. The maximum Gasteiger partial charge on any atom is 0.331 e. The summed E-state index contributed by atoms with van der Waals surface area (Å²) in [5.41, 5.74) is 1.03. The number of amides is 2. The number of nitrogens with zero attached hydrogens (tertiary/aromatic N) is 3. The van der Waals surface area contributed by atoms with Crippen LogP contribution in [0.2, 0.25) is 35.2 Å². The van der Waals surface area contributed by atoms with Crippen LogP contribution in [0.3, 0.4) is 0 Å². The lowest BCUT2D eigenvalue weighted by Crippen LogP contribution is -3.00. The topological polar surface area (TPSA) is 106 Å². The average molecular weight is 736 g/mol. The molecule has 4 rings (SSSR count). The van der Waals surface area contributed by atoms with Crippen LogP contribution in [-0.4, -0.2) is 27.3 Å². The van der Waals surface area contributed by atoms with Gasteiger partial charge in [0.25, 0.3) is 5.91 Å². The summed E-state index contributed by atoms with van der Waals surface area (Å²) in [5.74, 6) is 5.61. The van der Waals surface area contributed by atoms with Gasteiger partial charge in [-0.25, -0.2) is 0 Å². The molecule has 8 nitrogen and oxygen atoms in total. The van der Waals surface area contributed by atoms with Crippen LogP contribution in [0.4, 0.5) is 11.4 Å². The molecule has 216 valence electrons. The number of hydrogen-bond donors (Lipinski definition) is 3. The van der Waals surface area contributed by atoms with E-state index in [0.29, 0.717) is 26.5 Å². The minimum atomic E-state index is -0.511. The highest BCUT2D eigenvalue weighted by molar-refractivity contribution is 7.99. The van der Waals surface area contributed by atoms with E-state index >= 15 is 0 Å². The Kier molecular flexibility index (Phi) is 12.0. The van der Waals surface area contributed by atoms with Gasteiger partial charge in [0.2, 0.25) is 5.91 Å². The monoisotopic (exact) mass is 732 g/mol. The van der Waals surface area contributed by atoms with E-state index in [0.717, 1.165) is 11.8 Å². The second-order valence-electron chi connectivity index (χ2n) is 8.01. The van der Waals surface area contributed by atoms with Crippen LogP contribution >= 0.6 is 93.0 Å². The summed E-state index contributed by atoms with van der Waals surface area (Å²) in [6.45, 7) is -0.293. The quantitative estimate of drug-likeness (QED) is 0.141. The smallest absolute Gasteiger partial charge is 0.331 e. The van der Waals surface area contributed by atoms with Gasteiger partial charge in [0, 0.05) is 20.2 Å². The van der Waals surface area contributed by atoms with Crippen LogP contribution in [0.15, 0.2) is 53.7 Å². The molecule has 0 aliphatic rings. The number of anilines is 2. The van der Waals surface area contributed by atoms with Crippen LogP contribution in [0.5, 0.6) is 0 Å². The van der Waals surface area contributed by atoms with Gasteiger partial charge in [-0.2, -0.15) is 0 Å². The van der Waals surface area contributed by atoms with Gasteiger partial charge in [-0.3, -0.25) is 15.4 Å². The number of nitrogens with two attached hydrogens (primary N) is 1. The van der Waals surface area contributed by atoms with Crippen molar-refractivity contribution >= 4 is 116 Å². The van der Waals surface area contributed by atoms with E-state index in [1.165, 1.54) is 33.6 Å². The van der Waals surface area contributed by atoms with Crippen molar-refractivity contribution in [2.24, 2.45) is 0 Å². The molecule has 0 atom stereocenters. The van der Waals surface area contributed by atoms with Gasteiger partial charge in [0.1, 0.15) is 0 Å². The maximum atomic E-state index is 13.0. The normalized spacial score (nSPS) is 10.7. The summed E-state index contributed by atoms with van der Waals surface area (Å²) < 4.78 is 2.61. The molecule has 4 aromatic rings. The fourth-order valence-electron chi connectivity index (χ4n) is 3.41. The molecule has 0 radical (unpaired) electrons. The van der Waals surface area contributed by atoms with Crippen molar-refractivity contribution in [2.45, 2.75) is 11.7 Å². The van der Waals surface area contributed by atoms with E-state index in [4.69, 9.17) is 87.0 Å². The van der Waals surface area contributed by atoms with Crippen LogP contribution in [0, 0.1) is 0 Å². The van der Waals surface area contributed by atoms with E-state index < -0.39 is 11.8 Å². The number of carbonyl (C=O) groups is 2. The van der Waals surface area contributed by atoms with Gasteiger partial charge >= 0.3 is 11.0 Å². The zero-order chi connectivity index (χ0) is 29.1. The summed E-state index contributed by atoms with van der Waals surface area (Å²) in [4.78, 5) is 25.8. The third-order valence-corrected chi connectivity index (χ3v) is 8.09. The average Bonchev–Trinajstić information content (AvgIpc) is 3.17. The zero-order valence-electron chi connectivity index (χ0n) is 20.2. The molecular weight excluding hydrogens is 720 g/mol. The number of nitrogens with one attached hydrogen (secondary N) is 2. The molecule has 0 spiro atoms. The van der Waals surface area contributed by atoms with Gasteiger partial charge in [-0.1, -0.05) is 85.9 Å². The molecule has 1 aromatic heterocycles. The van der Waals surface area contributed by atoms with Crippen molar-refractivity contribution in [3.8, 4) is 11.4 Å². The summed E-state index contributed by atoms with van der Waals surface area (Å²) >= 11 is 43.7. The lowest BCUT2D eigenvalue weighted by Gasteiger charge is -2.10. The van der Waals surface area contributed by atoms with Crippen LogP contribution in [-0.2, 0) is 16.1 Å². The lowest BCUT2D eigenvalue weighted by molar-refractivity contribution is -0.668. The molecule has 41 heavy (non-hydrogen) atoms. The maximum absolute atomic E-state index is 13.0. The molecule has 4 N–H and O–H groups in total. The first-order valence-electron chi connectivity index (χ1n) is 11.0. The Morgan fingerprint density at radius 3 is 1.73 bits per heavy atom. The predicted octanol–water partition coefficient (Wildman–Crippen LogP) is 4.50. The van der Waals surface area contributed by atoms with Crippen LogP contribution in [0.25, 0.3) is 11.4 Å². The molecule has 2 amide bonds. The molecule has 3 aromatic carbocycles. The fraction of sp³-hybridized carbons (Fsp3) is 0.0833. The SMILES string of the molecule is N[n+]1c(-c2ccc(Cl)cc2)nn(CC(=O)Nc2c(Cl)cc(Cl)cc2Cl)c1SCC(=O)Nc1c(Cl)cc(Cl)cc1Cl.[Cl-]. The minimum Gasteiger partial charge on any atom is -1.00 e. The number of benzene rings is 3. The highest BCUT2D eigenvalue weighted by Gasteiger charge is 2.29. The standard InChI is InChI=1S/C24H15Cl7N6O2S.ClH/c25-12-3-1-11(2-4-12)23-35-36(9-19(38)33-21-15(28)5-13(26)6-16(21)29)24(37(23)32)40-10-20(39)34-22-17(30)7-14(27)8-18(22)31;/h1-8H,9-10,32H2,(H-,33,34,38,39);1H. The molecule has 0 aliphatic carbocycles. The van der Waals surface area contributed by atoms with Crippen LogP contribution in [0.1, 0.15) is 0 Å². The number of nitrogen functional groups attached to an aromatic ring is 1.